The van der Waals surface area contributed by atoms with Gasteiger partial charge in [0, 0.05) is 11.9 Å². The second-order valence-electron chi connectivity index (χ2n) is 2.60. The average Bonchev–Trinajstić information content (AvgIpc) is 2.47. The molecule has 1 aromatic heterocycles. The summed E-state index contributed by atoms with van der Waals surface area (Å²) < 4.78 is 4.76. The molecule has 1 atom stereocenters. The number of hydrogen-bond donors (Lipinski definition) is 1. The summed E-state index contributed by atoms with van der Waals surface area (Å²) in [6.07, 6.45) is 1.36. The van der Waals surface area contributed by atoms with Gasteiger partial charge < -0.3 is 9.73 Å². The molecule has 0 aliphatic carbocycles. The number of alkyl halides is 1. The molecule has 1 aromatic rings. The van der Waals surface area contributed by atoms with Crippen LogP contribution in [0.15, 0.2) is 16.7 Å². The molecule has 1 rings (SSSR count). The molecule has 1 amide bonds. The van der Waals surface area contributed by atoms with Crippen LogP contribution in [0.4, 0.5) is 0 Å². The number of hydrogen-bond acceptors (Lipinski definition) is 2. The van der Waals surface area contributed by atoms with Crippen LogP contribution >= 0.6 is 23.2 Å². The zero-order valence-electron chi connectivity index (χ0n) is 7.01. The molecule has 0 radical (unpaired) electrons. The summed E-state index contributed by atoms with van der Waals surface area (Å²) in [6.45, 7) is 2.20. The molecule has 0 saturated carbocycles. The predicted molar refractivity (Wildman–Crippen MR) is 51.4 cm³/mol. The lowest BCUT2D eigenvalue weighted by Gasteiger charge is -2.04. The first-order valence-electron chi connectivity index (χ1n) is 3.76. The zero-order chi connectivity index (χ0) is 9.84. The first kappa shape index (κ1) is 10.4. The average molecular weight is 222 g/mol. The normalized spacial score (nSPS) is 12.5. The first-order chi connectivity index (χ1) is 6.11. The van der Waals surface area contributed by atoms with Crippen LogP contribution in [0, 0.1) is 0 Å². The van der Waals surface area contributed by atoms with E-state index in [4.69, 9.17) is 27.6 Å². The summed E-state index contributed by atoms with van der Waals surface area (Å²) in [4.78, 5) is 11.3. The van der Waals surface area contributed by atoms with E-state index in [1.807, 2.05) is 0 Å². The van der Waals surface area contributed by atoms with Crippen molar-refractivity contribution in [3.05, 3.63) is 23.1 Å². The van der Waals surface area contributed by atoms with Crippen LogP contribution in [0.3, 0.4) is 0 Å². The van der Waals surface area contributed by atoms with Gasteiger partial charge in [-0.1, -0.05) is 0 Å². The van der Waals surface area contributed by atoms with Crippen molar-refractivity contribution in [1.82, 2.24) is 5.32 Å². The van der Waals surface area contributed by atoms with Gasteiger partial charge in [0.15, 0.2) is 0 Å². The Morgan fingerprint density at radius 1 is 1.77 bits per heavy atom. The van der Waals surface area contributed by atoms with Crippen LogP contribution in [0.1, 0.15) is 17.3 Å². The zero-order valence-corrected chi connectivity index (χ0v) is 8.52. The first-order valence-corrected chi connectivity index (χ1v) is 4.58. The minimum atomic E-state index is -0.272. The van der Waals surface area contributed by atoms with Gasteiger partial charge in [-0.25, -0.2) is 0 Å². The molecule has 72 valence electrons. The van der Waals surface area contributed by atoms with Crippen molar-refractivity contribution in [3.63, 3.8) is 0 Å². The van der Waals surface area contributed by atoms with E-state index < -0.39 is 0 Å². The Labute approximate surface area is 86.0 Å². The minimum absolute atomic E-state index is 0.0970. The summed E-state index contributed by atoms with van der Waals surface area (Å²) >= 11 is 11.2. The monoisotopic (exact) mass is 221 g/mol. The summed E-state index contributed by atoms with van der Waals surface area (Å²) in [5.41, 5.74) is 0.332. The number of halogens is 2. The van der Waals surface area contributed by atoms with Crippen molar-refractivity contribution in [3.8, 4) is 0 Å². The van der Waals surface area contributed by atoms with Crippen molar-refractivity contribution in [1.29, 1.82) is 0 Å². The van der Waals surface area contributed by atoms with Gasteiger partial charge in [-0.05, 0) is 24.6 Å². The molecule has 5 heteroatoms. The molecule has 1 heterocycles. The molecule has 0 aliphatic rings. The maximum Gasteiger partial charge on any atom is 0.256 e. The van der Waals surface area contributed by atoms with Crippen molar-refractivity contribution >= 4 is 29.1 Å². The van der Waals surface area contributed by atoms with E-state index >= 15 is 0 Å². The van der Waals surface area contributed by atoms with E-state index in [9.17, 15) is 4.79 Å². The van der Waals surface area contributed by atoms with Gasteiger partial charge in [-0.15, -0.1) is 11.6 Å². The fourth-order valence-electron chi connectivity index (χ4n) is 0.784. The van der Waals surface area contributed by atoms with Crippen molar-refractivity contribution in [2.24, 2.45) is 0 Å². The summed E-state index contributed by atoms with van der Waals surface area (Å²) in [6, 6.07) is 1.51. The molecule has 1 N–H and O–H groups in total. The lowest BCUT2D eigenvalue weighted by Crippen LogP contribution is -2.28. The van der Waals surface area contributed by atoms with Crippen molar-refractivity contribution < 1.29 is 9.21 Å². The number of amides is 1. The van der Waals surface area contributed by atoms with E-state index in [1.54, 1.807) is 6.92 Å². The van der Waals surface area contributed by atoms with E-state index in [-0.39, 0.29) is 16.5 Å². The van der Waals surface area contributed by atoms with Crippen LogP contribution in [-0.4, -0.2) is 17.8 Å². The Morgan fingerprint density at radius 2 is 2.46 bits per heavy atom. The van der Waals surface area contributed by atoms with Crippen molar-refractivity contribution in [2.45, 2.75) is 12.3 Å². The molecule has 0 fully saturated rings. The minimum Gasteiger partial charge on any atom is -0.452 e. The van der Waals surface area contributed by atoms with Crippen LogP contribution in [0.25, 0.3) is 0 Å². The van der Waals surface area contributed by atoms with Gasteiger partial charge in [-0.2, -0.15) is 0 Å². The quantitative estimate of drug-likeness (QED) is 0.797. The number of carbonyl (C=O) groups excluding carboxylic acids is 1. The van der Waals surface area contributed by atoms with Gasteiger partial charge in [0.05, 0.1) is 11.8 Å². The van der Waals surface area contributed by atoms with Gasteiger partial charge in [0.25, 0.3) is 5.91 Å². The lowest BCUT2D eigenvalue weighted by molar-refractivity contribution is 0.0953. The Bertz CT molecular complexity index is 296. The van der Waals surface area contributed by atoms with Crippen LogP contribution in [0.2, 0.25) is 5.22 Å². The Morgan fingerprint density at radius 3 is 2.92 bits per heavy atom. The second kappa shape index (κ2) is 4.53. The highest BCUT2D eigenvalue weighted by Crippen LogP contribution is 2.15. The largest absolute Gasteiger partial charge is 0.452 e. The summed E-state index contributed by atoms with van der Waals surface area (Å²) in [5.74, 6) is -0.272. The molecule has 0 spiro atoms. The molecule has 3 nitrogen and oxygen atoms in total. The second-order valence-corrected chi connectivity index (χ2v) is 3.69. The highest BCUT2D eigenvalue weighted by molar-refractivity contribution is 6.32. The third-order valence-electron chi connectivity index (χ3n) is 1.41. The molecule has 0 saturated heterocycles. The van der Waals surface area contributed by atoms with Gasteiger partial charge in [0.1, 0.15) is 0 Å². The fourth-order valence-corrected chi connectivity index (χ4v) is 1.06. The Kier molecular flexibility index (Phi) is 3.63. The number of rotatable bonds is 3. The molecule has 0 aromatic carbocycles. The summed E-state index contributed by atoms with van der Waals surface area (Å²) in [5, 5.41) is 2.60. The maximum atomic E-state index is 11.3. The third-order valence-corrected chi connectivity index (χ3v) is 1.85. The molecule has 1 unspecified atom stereocenters. The summed E-state index contributed by atoms with van der Waals surface area (Å²) in [7, 11) is 0. The van der Waals surface area contributed by atoms with E-state index in [0.717, 1.165) is 0 Å². The Balaban J connectivity index is 2.54. The van der Waals surface area contributed by atoms with Crippen LogP contribution in [-0.2, 0) is 0 Å². The molecule has 0 bridgehead atoms. The van der Waals surface area contributed by atoms with Gasteiger partial charge in [-0.3, -0.25) is 4.79 Å². The standard InChI is InChI=1S/C8H9Cl2NO2/c1-5(9)4-11-8(12)6-2-3-13-7(6)10/h2-3,5H,4H2,1H3,(H,11,12). The van der Waals surface area contributed by atoms with Gasteiger partial charge in [0.2, 0.25) is 5.22 Å². The van der Waals surface area contributed by atoms with Crippen LogP contribution in [0.5, 0.6) is 0 Å². The Hall–Kier alpha value is -0.670. The maximum absolute atomic E-state index is 11.3. The molecule has 13 heavy (non-hydrogen) atoms. The topological polar surface area (TPSA) is 42.2 Å². The van der Waals surface area contributed by atoms with E-state index in [2.05, 4.69) is 5.32 Å². The number of nitrogens with one attached hydrogen (secondary N) is 1. The number of carbonyl (C=O) groups is 1. The highest BCUT2D eigenvalue weighted by Gasteiger charge is 2.12. The van der Waals surface area contributed by atoms with E-state index in [1.165, 1.54) is 12.3 Å². The number of furan rings is 1. The smallest absolute Gasteiger partial charge is 0.256 e. The third kappa shape index (κ3) is 2.94. The van der Waals surface area contributed by atoms with E-state index in [0.29, 0.717) is 12.1 Å². The fraction of sp³-hybridized carbons (Fsp3) is 0.375. The van der Waals surface area contributed by atoms with Crippen molar-refractivity contribution in [2.75, 3.05) is 6.54 Å². The SMILES string of the molecule is CC(Cl)CNC(=O)c1ccoc1Cl. The lowest BCUT2D eigenvalue weighted by atomic mass is 10.3. The molecule has 0 aliphatic heterocycles. The molecular weight excluding hydrogens is 213 g/mol. The van der Waals surface area contributed by atoms with Crippen LogP contribution < -0.4 is 5.32 Å². The molecular formula is C8H9Cl2NO2. The highest BCUT2D eigenvalue weighted by atomic mass is 35.5. The van der Waals surface area contributed by atoms with Gasteiger partial charge >= 0.3 is 0 Å². The predicted octanol–water partition coefficient (Wildman–Crippen LogP) is 2.29.